The fraction of sp³-hybridized carbons (Fsp3) is 0.909. The number of rotatable bonds is 5. The monoisotopic (exact) mass is 214 g/mol. The lowest BCUT2D eigenvalue weighted by Crippen LogP contribution is -2.52. The van der Waals surface area contributed by atoms with Crippen LogP contribution in [0.5, 0.6) is 0 Å². The van der Waals surface area contributed by atoms with Crippen molar-refractivity contribution in [2.24, 2.45) is 5.92 Å². The molecule has 1 saturated heterocycles. The Labute approximate surface area is 92.0 Å². The van der Waals surface area contributed by atoms with Gasteiger partial charge in [0, 0.05) is 6.54 Å². The molecule has 0 aromatic rings. The first-order valence-electron chi connectivity index (χ1n) is 5.68. The summed E-state index contributed by atoms with van der Waals surface area (Å²) in [4.78, 5) is 13.7. The summed E-state index contributed by atoms with van der Waals surface area (Å²) in [6.07, 6.45) is 1.01. The van der Waals surface area contributed by atoms with Gasteiger partial charge in [-0.15, -0.1) is 0 Å². The molecule has 0 radical (unpaired) electrons. The largest absolute Gasteiger partial charge is 0.369 e. The maximum Gasteiger partial charge on any atom is 0.248 e. The zero-order chi connectivity index (χ0) is 11.3. The molecule has 0 aromatic heterocycles. The second kappa shape index (κ2) is 6.08. The van der Waals surface area contributed by atoms with Crippen molar-refractivity contribution in [2.45, 2.75) is 26.3 Å². The first-order valence-corrected chi connectivity index (χ1v) is 5.68. The Balaban J connectivity index is 2.49. The molecule has 1 fully saturated rings. The van der Waals surface area contributed by atoms with E-state index in [2.05, 4.69) is 19.2 Å². The number of carbonyl (C=O) groups is 1. The van der Waals surface area contributed by atoms with Crippen LogP contribution < -0.4 is 5.32 Å². The van der Waals surface area contributed by atoms with Gasteiger partial charge in [0.2, 0.25) is 5.91 Å². The Morgan fingerprint density at radius 1 is 1.60 bits per heavy atom. The zero-order valence-electron chi connectivity index (χ0n) is 9.95. The maximum absolute atomic E-state index is 11.7. The molecule has 4 heteroatoms. The molecule has 1 amide bonds. The molecule has 1 aliphatic rings. The lowest BCUT2D eigenvalue weighted by molar-refractivity contribution is -0.150. The van der Waals surface area contributed by atoms with Crippen LogP contribution in [0.1, 0.15) is 20.3 Å². The molecule has 1 heterocycles. The number of carbonyl (C=O) groups excluding carboxylic acids is 1. The molecule has 0 aromatic carbocycles. The van der Waals surface area contributed by atoms with Crippen LogP contribution in [0.2, 0.25) is 0 Å². The van der Waals surface area contributed by atoms with Gasteiger partial charge in [-0.25, -0.2) is 0 Å². The van der Waals surface area contributed by atoms with Crippen LogP contribution in [0.15, 0.2) is 0 Å². The molecule has 0 spiro atoms. The van der Waals surface area contributed by atoms with Gasteiger partial charge < -0.3 is 15.0 Å². The molecule has 88 valence electrons. The van der Waals surface area contributed by atoms with E-state index >= 15 is 0 Å². The van der Waals surface area contributed by atoms with Crippen molar-refractivity contribution in [2.75, 3.05) is 33.4 Å². The van der Waals surface area contributed by atoms with E-state index in [1.54, 1.807) is 0 Å². The van der Waals surface area contributed by atoms with E-state index < -0.39 is 0 Å². The van der Waals surface area contributed by atoms with Gasteiger partial charge in [-0.05, 0) is 25.9 Å². The molecule has 1 atom stereocenters. The molecule has 1 aliphatic heterocycles. The van der Waals surface area contributed by atoms with E-state index in [0.29, 0.717) is 12.5 Å². The fourth-order valence-corrected chi connectivity index (χ4v) is 1.89. The van der Waals surface area contributed by atoms with Crippen molar-refractivity contribution >= 4 is 5.91 Å². The van der Waals surface area contributed by atoms with Crippen LogP contribution in [-0.2, 0) is 9.53 Å². The van der Waals surface area contributed by atoms with Gasteiger partial charge >= 0.3 is 0 Å². The number of morpholine rings is 1. The molecule has 15 heavy (non-hydrogen) atoms. The third-order valence-electron chi connectivity index (χ3n) is 2.83. The normalized spacial score (nSPS) is 22.5. The van der Waals surface area contributed by atoms with Gasteiger partial charge in [-0.1, -0.05) is 13.8 Å². The number of hydrogen-bond donors (Lipinski definition) is 1. The lowest BCUT2D eigenvalue weighted by atomic mass is 10.0. The first kappa shape index (κ1) is 12.5. The average molecular weight is 214 g/mol. The SMILES string of the molecule is CNCCCN1C(=O)COCC1C(C)C. The number of hydrogen-bond acceptors (Lipinski definition) is 3. The maximum atomic E-state index is 11.7. The number of nitrogens with zero attached hydrogens (tertiary/aromatic N) is 1. The topological polar surface area (TPSA) is 41.6 Å². The molecule has 0 bridgehead atoms. The highest BCUT2D eigenvalue weighted by molar-refractivity contribution is 5.78. The van der Waals surface area contributed by atoms with Crippen LogP contribution in [0, 0.1) is 5.92 Å². The standard InChI is InChI=1S/C11H22N2O2/c1-9(2)10-7-15-8-11(14)13(10)6-4-5-12-3/h9-10,12H,4-8H2,1-3H3. The molecule has 4 nitrogen and oxygen atoms in total. The van der Waals surface area contributed by atoms with Crippen molar-refractivity contribution in [3.8, 4) is 0 Å². The average Bonchev–Trinajstić information content (AvgIpc) is 2.20. The molecule has 1 rings (SSSR count). The minimum absolute atomic E-state index is 0.135. The Kier molecular flexibility index (Phi) is 5.05. The second-order valence-electron chi connectivity index (χ2n) is 4.37. The first-order chi connectivity index (χ1) is 7.16. The number of nitrogens with one attached hydrogen (secondary N) is 1. The summed E-state index contributed by atoms with van der Waals surface area (Å²) < 4.78 is 5.29. The molecule has 0 saturated carbocycles. The summed E-state index contributed by atoms with van der Waals surface area (Å²) in [5.74, 6) is 0.597. The van der Waals surface area contributed by atoms with Crippen molar-refractivity contribution in [3.05, 3.63) is 0 Å². The predicted octanol–water partition coefficient (Wildman–Crippen LogP) is 0.479. The highest BCUT2D eigenvalue weighted by atomic mass is 16.5. The van der Waals surface area contributed by atoms with E-state index in [0.717, 1.165) is 19.5 Å². The molecule has 1 unspecified atom stereocenters. The summed E-state index contributed by atoms with van der Waals surface area (Å²) >= 11 is 0. The zero-order valence-corrected chi connectivity index (χ0v) is 9.95. The predicted molar refractivity (Wildman–Crippen MR) is 59.7 cm³/mol. The minimum Gasteiger partial charge on any atom is -0.369 e. The quantitative estimate of drug-likeness (QED) is 0.677. The molecular formula is C11H22N2O2. The summed E-state index contributed by atoms with van der Waals surface area (Å²) in [5.41, 5.74) is 0. The Hall–Kier alpha value is -0.610. The van der Waals surface area contributed by atoms with Gasteiger partial charge in [-0.3, -0.25) is 4.79 Å². The Bertz CT molecular complexity index is 207. The van der Waals surface area contributed by atoms with Crippen LogP contribution in [0.4, 0.5) is 0 Å². The van der Waals surface area contributed by atoms with Crippen LogP contribution in [-0.4, -0.2) is 50.2 Å². The minimum atomic E-state index is 0.135. The third kappa shape index (κ3) is 3.47. The van der Waals surface area contributed by atoms with Crippen LogP contribution in [0.25, 0.3) is 0 Å². The smallest absolute Gasteiger partial charge is 0.248 e. The van der Waals surface area contributed by atoms with Crippen molar-refractivity contribution in [3.63, 3.8) is 0 Å². The fourth-order valence-electron chi connectivity index (χ4n) is 1.89. The van der Waals surface area contributed by atoms with Crippen molar-refractivity contribution in [1.82, 2.24) is 10.2 Å². The summed E-state index contributed by atoms with van der Waals surface area (Å²) in [6.45, 7) is 7.00. The number of ether oxygens (including phenoxy) is 1. The highest BCUT2D eigenvalue weighted by Gasteiger charge is 2.30. The van der Waals surface area contributed by atoms with Gasteiger partial charge in [0.05, 0.1) is 12.6 Å². The van der Waals surface area contributed by atoms with Crippen LogP contribution >= 0.6 is 0 Å². The van der Waals surface area contributed by atoms with Gasteiger partial charge in [0.25, 0.3) is 0 Å². The summed E-state index contributed by atoms with van der Waals surface area (Å²) in [5, 5.41) is 3.10. The van der Waals surface area contributed by atoms with E-state index in [-0.39, 0.29) is 18.6 Å². The second-order valence-corrected chi connectivity index (χ2v) is 4.37. The third-order valence-corrected chi connectivity index (χ3v) is 2.83. The molecular weight excluding hydrogens is 192 g/mol. The summed E-state index contributed by atoms with van der Waals surface area (Å²) in [7, 11) is 1.93. The molecule has 1 N–H and O–H groups in total. The molecule has 0 aliphatic carbocycles. The van der Waals surface area contributed by atoms with Crippen LogP contribution in [0.3, 0.4) is 0 Å². The van der Waals surface area contributed by atoms with E-state index in [4.69, 9.17) is 4.74 Å². The lowest BCUT2D eigenvalue weighted by Gasteiger charge is -2.38. The van der Waals surface area contributed by atoms with Crippen molar-refractivity contribution in [1.29, 1.82) is 0 Å². The Morgan fingerprint density at radius 3 is 2.93 bits per heavy atom. The van der Waals surface area contributed by atoms with E-state index in [1.807, 2.05) is 11.9 Å². The van der Waals surface area contributed by atoms with E-state index in [1.165, 1.54) is 0 Å². The van der Waals surface area contributed by atoms with Crippen molar-refractivity contribution < 1.29 is 9.53 Å². The Morgan fingerprint density at radius 2 is 2.33 bits per heavy atom. The number of amides is 1. The van der Waals surface area contributed by atoms with Gasteiger partial charge in [-0.2, -0.15) is 0 Å². The van der Waals surface area contributed by atoms with Gasteiger partial charge in [0.1, 0.15) is 6.61 Å². The van der Waals surface area contributed by atoms with E-state index in [9.17, 15) is 4.79 Å². The highest BCUT2D eigenvalue weighted by Crippen LogP contribution is 2.16. The summed E-state index contributed by atoms with van der Waals surface area (Å²) in [6, 6.07) is 0.253. The van der Waals surface area contributed by atoms with Gasteiger partial charge in [0.15, 0.2) is 0 Å².